The number of methoxy groups -OCH3 is 1. The summed E-state index contributed by atoms with van der Waals surface area (Å²) in [5.41, 5.74) is 0.316. The van der Waals surface area contributed by atoms with Gasteiger partial charge in [0.15, 0.2) is 5.13 Å². The van der Waals surface area contributed by atoms with Gasteiger partial charge in [-0.15, -0.1) is 11.3 Å². The fourth-order valence-corrected chi connectivity index (χ4v) is 2.00. The molecule has 3 N–H and O–H groups in total. The van der Waals surface area contributed by atoms with Crippen molar-refractivity contribution in [3.05, 3.63) is 35.3 Å². The number of aromatic nitrogens is 1. The standard InChI is InChI=1S/C12H11N3O4S/c1-19-9-3-2-7(10(16)17)6-8(9)14-11(18)15-12-13-4-5-20-12/h2-6H,1H3,(H,16,17)(H2,13,14,15,18). The van der Waals surface area contributed by atoms with Gasteiger partial charge in [0.05, 0.1) is 18.4 Å². The summed E-state index contributed by atoms with van der Waals surface area (Å²) in [6, 6.07) is 3.66. The van der Waals surface area contributed by atoms with Crippen molar-refractivity contribution in [3.8, 4) is 5.75 Å². The number of carboxylic acids is 1. The van der Waals surface area contributed by atoms with E-state index in [4.69, 9.17) is 9.84 Å². The van der Waals surface area contributed by atoms with Gasteiger partial charge in [-0.3, -0.25) is 5.32 Å². The molecule has 1 heterocycles. The first-order chi connectivity index (χ1) is 9.60. The number of nitrogens with one attached hydrogen (secondary N) is 2. The van der Waals surface area contributed by atoms with Crippen LogP contribution in [0.25, 0.3) is 0 Å². The average Bonchev–Trinajstić information content (AvgIpc) is 2.91. The summed E-state index contributed by atoms with van der Waals surface area (Å²) in [4.78, 5) is 26.6. The number of amides is 2. The molecule has 104 valence electrons. The van der Waals surface area contributed by atoms with Gasteiger partial charge >= 0.3 is 12.0 Å². The van der Waals surface area contributed by atoms with E-state index in [0.29, 0.717) is 10.9 Å². The highest BCUT2D eigenvalue weighted by molar-refractivity contribution is 7.13. The van der Waals surface area contributed by atoms with Crippen molar-refractivity contribution in [1.82, 2.24) is 4.98 Å². The van der Waals surface area contributed by atoms with Crippen molar-refractivity contribution in [1.29, 1.82) is 0 Å². The molecular formula is C12H11N3O4S. The number of aromatic carboxylic acids is 1. The van der Waals surface area contributed by atoms with E-state index < -0.39 is 12.0 Å². The Kier molecular flexibility index (Phi) is 4.16. The van der Waals surface area contributed by atoms with Gasteiger partial charge in [-0.25, -0.2) is 14.6 Å². The molecule has 1 aromatic heterocycles. The first-order valence-electron chi connectivity index (χ1n) is 5.49. The van der Waals surface area contributed by atoms with Crippen LogP contribution in [0.3, 0.4) is 0 Å². The van der Waals surface area contributed by atoms with Gasteiger partial charge in [-0.1, -0.05) is 0 Å². The number of hydrogen-bond donors (Lipinski definition) is 3. The maximum atomic E-state index is 11.8. The van der Waals surface area contributed by atoms with Gasteiger partial charge in [0.2, 0.25) is 0 Å². The van der Waals surface area contributed by atoms with E-state index >= 15 is 0 Å². The molecule has 1 aromatic carbocycles. The van der Waals surface area contributed by atoms with Crippen LogP contribution in [-0.2, 0) is 0 Å². The molecule has 0 saturated carbocycles. The van der Waals surface area contributed by atoms with Gasteiger partial charge in [0.1, 0.15) is 5.75 Å². The molecule has 0 aliphatic heterocycles. The monoisotopic (exact) mass is 293 g/mol. The van der Waals surface area contributed by atoms with Crippen LogP contribution >= 0.6 is 11.3 Å². The number of thiazole rings is 1. The lowest BCUT2D eigenvalue weighted by atomic mass is 10.2. The van der Waals surface area contributed by atoms with Crippen molar-refractivity contribution in [3.63, 3.8) is 0 Å². The topological polar surface area (TPSA) is 101 Å². The van der Waals surface area contributed by atoms with Crippen LogP contribution in [0.15, 0.2) is 29.8 Å². The third-order valence-electron chi connectivity index (χ3n) is 2.35. The number of benzene rings is 1. The van der Waals surface area contributed by atoms with Crippen LogP contribution in [-0.4, -0.2) is 29.2 Å². The zero-order valence-corrected chi connectivity index (χ0v) is 11.2. The Hall–Kier alpha value is -2.61. The lowest BCUT2D eigenvalue weighted by Crippen LogP contribution is -2.20. The van der Waals surface area contributed by atoms with Crippen LogP contribution in [0.1, 0.15) is 10.4 Å². The van der Waals surface area contributed by atoms with E-state index in [2.05, 4.69) is 15.6 Å². The summed E-state index contributed by atoms with van der Waals surface area (Å²) in [6.45, 7) is 0. The quantitative estimate of drug-likeness (QED) is 0.804. The predicted octanol–water partition coefficient (Wildman–Crippen LogP) is 2.49. The normalized spacial score (nSPS) is 9.85. The molecule has 0 aliphatic rings. The van der Waals surface area contributed by atoms with Crippen LogP contribution in [0.5, 0.6) is 5.75 Å². The van der Waals surface area contributed by atoms with Gasteiger partial charge in [0.25, 0.3) is 0 Å². The largest absolute Gasteiger partial charge is 0.495 e. The SMILES string of the molecule is COc1ccc(C(=O)O)cc1NC(=O)Nc1nccs1. The molecule has 0 bridgehead atoms. The van der Waals surface area contributed by atoms with E-state index in [1.807, 2.05) is 0 Å². The first kappa shape index (κ1) is 13.8. The Balaban J connectivity index is 2.16. The Morgan fingerprint density at radius 3 is 2.75 bits per heavy atom. The summed E-state index contributed by atoms with van der Waals surface area (Å²) < 4.78 is 5.07. The number of nitrogens with zero attached hydrogens (tertiary/aromatic N) is 1. The minimum Gasteiger partial charge on any atom is -0.495 e. The van der Waals surface area contributed by atoms with Crippen LogP contribution < -0.4 is 15.4 Å². The molecule has 7 nitrogen and oxygen atoms in total. The highest BCUT2D eigenvalue weighted by atomic mass is 32.1. The van der Waals surface area contributed by atoms with Gasteiger partial charge in [0, 0.05) is 11.6 Å². The summed E-state index contributed by atoms with van der Waals surface area (Å²) in [5, 5.41) is 16.1. The number of carbonyl (C=O) groups is 2. The number of hydrogen-bond acceptors (Lipinski definition) is 5. The molecule has 0 aliphatic carbocycles. The smallest absolute Gasteiger partial charge is 0.335 e. The predicted molar refractivity (Wildman–Crippen MR) is 74.7 cm³/mol. The minimum absolute atomic E-state index is 0.0512. The molecule has 0 unspecified atom stereocenters. The minimum atomic E-state index is -1.09. The van der Waals surface area contributed by atoms with E-state index in [1.165, 1.54) is 36.6 Å². The molecule has 20 heavy (non-hydrogen) atoms. The zero-order valence-electron chi connectivity index (χ0n) is 10.4. The number of urea groups is 1. The Morgan fingerprint density at radius 2 is 2.15 bits per heavy atom. The maximum absolute atomic E-state index is 11.8. The highest BCUT2D eigenvalue weighted by Gasteiger charge is 2.12. The van der Waals surface area contributed by atoms with Crippen molar-refractivity contribution in [2.45, 2.75) is 0 Å². The first-order valence-corrected chi connectivity index (χ1v) is 6.37. The summed E-state index contributed by atoms with van der Waals surface area (Å²) in [6.07, 6.45) is 1.56. The fourth-order valence-electron chi connectivity index (χ4n) is 1.47. The fraction of sp³-hybridized carbons (Fsp3) is 0.0833. The van der Waals surface area contributed by atoms with E-state index in [1.54, 1.807) is 11.6 Å². The van der Waals surface area contributed by atoms with Gasteiger partial charge in [-0.2, -0.15) is 0 Å². The van der Waals surface area contributed by atoms with Gasteiger partial charge in [-0.05, 0) is 18.2 Å². The molecule has 2 rings (SSSR count). The molecule has 0 spiro atoms. The van der Waals surface area contributed by atoms with Crippen molar-refractivity contribution in [2.75, 3.05) is 17.7 Å². The molecule has 2 amide bonds. The Labute approximate surface area is 118 Å². The van der Waals surface area contributed by atoms with E-state index in [-0.39, 0.29) is 11.3 Å². The van der Waals surface area contributed by atoms with Crippen LogP contribution in [0.4, 0.5) is 15.6 Å². The maximum Gasteiger partial charge on any atom is 0.335 e. The van der Waals surface area contributed by atoms with Gasteiger partial charge < -0.3 is 15.2 Å². The van der Waals surface area contributed by atoms with Crippen molar-refractivity contribution < 1.29 is 19.4 Å². The third kappa shape index (κ3) is 3.23. The second-order valence-corrected chi connectivity index (χ2v) is 4.53. The number of carboxylic acid groups (broad SMARTS) is 1. The van der Waals surface area contributed by atoms with E-state index in [0.717, 1.165) is 0 Å². The van der Waals surface area contributed by atoms with E-state index in [9.17, 15) is 9.59 Å². The third-order valence-corrected chi connectivity index (χ3v) is 3.04. The summed E-state index contributed by atoms with van der Waals surface area (Å²) in [5.74, 6) is -0.722. The Morgan fingerprint density at radius 1 is 1.35 bits per heavy atom. The average molecular weight is 293 g/mol. The lowest BCUT2D eigenvalue weighted by molar-refractivity contribution is 0.0697. The molecule has 0 fully saturated rings. The summed E-state index contributed by atoms with van der Waals surface area (Å²) in [7, 11) is 1.43. The molecule has 0 atom stereocenters. The summed E-state index contributed by atoms with van der Waals surface area (Å²) >= 11 is 1.27. The second kappa shape index (κ2) is 6.02. The lowest BCUT2D eigenvalue weighted by Gasteiger charge is -2.11. The second-order valence-electron chi connectivity index (χ2n) is 3.64. The Bertz CT molecular complexity index is 628. The molecule has 0 saturated heterocycles. The number of ether oxygens (including phenoxy) is 1. The number of carbonyl (C=O) groups excluding carboxylic acids is 1. The molecule has 0 radical (unpaired) electrons. The molecule has 2 aromatic rings. The molecular weight excluding hydrogens is 282 g/mol. The number of anilines is 2. The number of rotatable bonds is 4. The molecule has 8 heteroatoms. The van der Waals surface area contributed by atoms with Crippen molar-refractivity contribution >= 4 is 34.2 Å². The van der Waals surface area contributed by atoms with Crippen molar-refractivity contribution in [2.24, 2.45) is 0 Å². The zero-order chi connectivity index (χ0) is 14.5. The van der Waals surface area contributed by atoms with Crippen LogP contribution in [0.2, 0.25) is 0 Å². The highest BCUT2D eigenvalue weighted by Crippen LogP contribution is 2.25. The van der Waals surface area contributed by atoms with Crippen LogP contribution in [0, 0.1) is 0 Å².